The lowest BCUT2D eigenvalue weighted by atomic mass is 9.81. The van der Waals surface area contributed by atoms with E-state index in [4.69, 9.17) is 9.16 Å². The second-order valence-electron chi connectivity index (χ2n) is 11.6. The summed E-state index contributed by atoms with van der Waals surface area (Å²) in [6.07, 6.45) is 6.24. The summed E-state index contributed by atoms with van der Waals surface area (Å²) in [5.41, 5.74) is 5.11. The molecule has 0 spiro atoms. The Morgan fingerprint density at radius 3 is 2.36 bits per heavy atom. The first-order valence-corrected chi connectivity index (χ1v) is 15.2. The number of rotatable bonds is 8. The number of carbonyl (C=O) groups is 1. The third kappa shape index (κ3) is 5.80. The molecule has 0 aromatic heterocycles. The molecule has 33 heavy (non-hydrogen) atoms. The van der Waals surface area contributed by atoms with Gasteiger partial charge in [0.15, 0.2) is 14.1 Å². The SMILES string of the molecule is COc1ccc(CC2=CC(=O)C[C@@]3(CCCO[Si](C)(C)C(C)(C)C)CC(=C(C)C)CN23)cc1. The molecule has 0 N–H and O–H groups in total. The van der Waals surface area contributed by atoms with Crippen LogP contribution in [-0.4, -0.2) is 44.8 Å². The van der Waals surface area contributed by atoms with Crippen molar-refractivity contribution in [2.24, 2.45) is 0 Å². The van der Waals surface area contributed by atoms with Crippen LogP contribution in [-0.2, 0) is 15.6 Å². The normalized spacial score (nSPS) is 21.2. The number of ketones is 1. The summed E-state index contributed by atoms with van der Waals surface area (Å²) >= 11 is 0. The molecule has 0 unspecified atom stereocenters. The molecule has 2 aliphatic rings. The highest BCUT2D eigenvalue weighted by atomic mass is 28.4. The number of carbonyl (C=O) groups excluding carboxylic acids is 1. The number of allylic oxidation sites excluding steroid dienone is 3. The molecule has 0 bridgehead atoms. The van der Waals surface area contributed by atoms with E-state index in [0.29, 0.717) is 6.42 Å². The number of nitrogens with zero attached hydrogens (tertiary/aromatic N) is 1. The Morgan fingerprint density at radius 1 is 1.12 bits per heavy atom. The van der Waals surface area contributed by atoms with Gasteiger partial charge in [-0.25, -0.2) is 0 Å². The first-order chi connectivity index (χ1) is 15.4. The number of hydrogen-bond acceptors (Lipinski definition) is 4. The van der Waals surface area contributed by atoms with Gasteiger partial charge in [0, 0.05) is 37.8 Å². The molecule has 1 fully saturated rings. The quantitative estimate of drug-likeness (QED) is 0.242. The second-order valence-corrected chi connectivity index (χ2v) is 16.4. The summed E-state index contributed by atoms with van der Waals surface area (Å²) < 4.78 is 11.8. The second kappa shape index (κ2) is 9.79. The molecule has 1 aromatic rings. The van der Waals surface area contributed by atoms with E-state index in [1.807, 2.05) is 18.2 Å². The van der Waals surface area contributed by atoms with E-state index >= 15 is 0 Å². The van der Waals surface area contributed by atoms with E-state index in [9.17, 15) is 4.79 Å². The Bertz CT molecular complexity index is 919. The Labute approximate surface area is 202 Å². The summed E-state index contributed by atoms with van der Waals surface area (Å²) in [6.45, 7) is 17.6. The van der Waals surface area contributed by atoms with Crippen LogP contribution in [0.3, 0.4) is 0 Å². The average Bonchev–Trinajstić information content (AvgIpc) is 3.11. The van der Waals surface area contributed by atoms with Gasteiger partial charge in [-0.2, -0.15) is 0 Å². The van der Waals surface area contributed by atoms with Crippen LogP contribution in [0.15, 0.2) is 47.2 Å². The standard InChI is InChI=1S/C28H43NO3Si/c1-21(2)23-18-28(14-9-15-32-33(7,8)27(3,4)5)19-25(30)17-24(29(28)20-23)16-22-10-12-26(31-6)13-11-22/h10-13,17H,9,14-16,18-20H2,1-8H3/t28-/m1/s1. The first kappa shape index (κ1) is 25.8. The van der Waals surface area contributed by atoms with Crippen LogP contribution in [0.5, 0.6) is 5.75 Å². The molecule has 1 atom stereocenters. The number of methoxy groups -OCH3 is 1. The maximum atomic E-state index is 12.9. The van der Waals surface area contributed by atoms with Gasteiger partial charge in [-0.3, -0.25) is 4.79 Å². The van der Waals surface area contributed by atoms with Crippen LogP contribution >= 0.6 is 0 Å². The zero-order chi connectivity index (χ0) is 24.4. The highest BCUT2D eigenvalue weighted by molar-refractivity contribution is 6.74. The van der Waals surface area contributed by atoms with Crippen molar-refractivity contribution in [1.82, 2.24) is 4.90 Å². The molecule has 0 amide bonds. The lowest BCUT2D eigenvalue weighted by molar-refractivity contribution is -0.118. The van der Waals surface area contributed by atoms with Crippen LogP contribution in [0.1, 0.15) is 65.9 Å². The average molecular weight is 470 g/mol. The molecule has 2 heterocycles. The van der Waals surface area contributed by atoms with Crippen molar-refractivity contribution in [2.45, 2.75) is 90.4 Å². The topological polar surface area (TPSA) is 38.8 Å². The fourth-order valence-corrected chi connectivity index (χ4v) is 5.89. The van der Waals surface area contributed by atoms with Gasteiger partial charge in [0.2, 0.25) is 0 Å². The van der Waals surface area contributed by atoms with Gasteiger partial charge in [0.1, 0.15) is 5.75 Å². The van der Waals surface area contributed by atoms with Crippen molar-refractivity contribution in [1.29, 1.82) is 0 Å². The van der Waals surface area contributed by atoms with E-state index < -0.39 is 8.32 Å². The highest BCUT2D eigenvalue weighted by Crippen LogP contribution is 2.46. The Hall–Kier alpha value is -1.85. The Kier molecular flexibility index (Phi) is 7.64. The molecule has 3 rings (SSSR count). The van der Waals surface area contributed by atoms with Crippen molar-refractivity contribution in [2.75, 3.05) is 20.3 Å². The van der Waals surface area contributed by atoms with Gasteiger partial charge in [-0.15, -0.1) is 0 Å². The smallest absolute Gasteiger partial charge is 0.191 e. The third-order valence-corrected chi connectivity index (χ3v) is 12.5. The van der Waals surface area contributed by atoms with E-state index in [0.717, 1.165) is 50.3 Å². The van der Waals surface area contributed by atoms with Crippen LogP contribution < -0.4 is 4.74 Å². The number of benzene rings is 1. The Balaban J connectivity index is 1.78. The van der Waals surface area contributed by atoms with Gasteiger partial charge in [-0.1, -0.05) is 38.5 Å². The van der Waals surface area contributed by atoms with E-state index in [-0.39, 0.29) is 16.4 Å². The maximum Gasteiger partial charge on any atom is 0.191 e. The van der Waals surface area contributed by atoms with E-state index in [2.05, 4.69) is 64.7 Å². The van der Waals surface area contributed by atoms with Crippen molar-refractivity contribution >= 4 is 14.1 Å². The number of ether oxygens (including phenoxy) is 1. The van der Waals surface area contributed by atoms with Gasteiger partial charge < -0.3 is 14.1 Å². The van der Waals surface area contributed by atoms with Crippen LogP contribution in [0.2, 0.25) is 18.1 Å². The molecule has 1 aromatic carbocycles. The maximum absolute atomic E-state index is 12.9. The first-order valence-electron chi connectivity index (χ1n) is 12.3. The summed E-state index contributed by atoms with van der Waals surface area (Å²) in [5, 5.41) is 0.217. The molecule has 5 heteroatoms. The molecular weight excluding hydrogens is 426 g/mol. The van der Waals surface area contributed by atoms with Gasteiger partial charge in [0.25, 0.3) is 0 Å². The van der Waals surface area contributed by atoms with Gasteiger partial charge in [0.05, 0.1) is 12.6 Å². The predicted octanol–water partition coefficient (Wildman–Crippen LogP) is 6.68. The summed E-state index contributed by atoms with van der Waals surface area (Å²) in [7, 11) is -0.0701. The summed E-state index contributed by atoms with van der Waals surface area (Å²) in [6, 6.07) is 8.20. The molecule has 4 nitrogen and oxygen atoms in total. The zero-order valence-corrected chi connectivity index (χ0v) is 23.0. The summed E-state index contributed by atoms with van der Waals surface area (Å²) in [4.78, 5) is 15.5. The molecule has 182 valence electrons. The minimum Gasteiger partial charge on any atom is -0.497 e. The van der Waals surface area contributed by atoms with Crippen LogP contribution in [0.4, 0.5) is 0 Å². The monoisotopic (exact) mass is 469 g/mol. The lowest BCUT2D eigenvalue weighted by Gasteiger charge is -2.44. The van der Waals surface area contributed by atoms with Crippen molar-refractivity contribution in [3.05, 3.63) is 52.7 Å². The predicted molar refractivity (Wildman–Crippen MR) is 139 cm³/mol. The molecule has 2 aliphatic heterocycles. The van der Waals surface area contributed by atoms with Crippen molar-refractivity contribution in [3.63, 3.8) is 0 Å². The fraction of sp³-hybridized carbons (Fsp3) is 0.607. The van der Waals surface area contributed by atoms with E-state index in [1.165, 1.54) is 16.7 Å². The largest absolute Gasteiger partial charge is 0.497 e. The summed E-state index contributed by atoms with van der Waals surface area (Å²) in [5.74, 6) is 1.12. The Morgan fingerprint density at radius 2 is 1.79 bits per heavy atom. The highest BCUT2D eigenvalue weighted by Gasteiger charge is 2.47. The molecular formula is C28H43NO3Si. The molecule has 0 saturated carbocycles. The molecule has 1 saturated heterocycles. The number of fused-ring (bicyclic) bond motifs is 1. The van der Waals surface area contributed by atoms with Crippen molar-refractivity contribution < 1.29 is 14.0 Å². The van der Waals surface area contributed by atoms with Crippen LogP contribution in [0, 0.1) is 0 Å². The fourth-order valence-electron chi connectivity index (χ4n) is 4.80. The van der Waals surface area contributed by atoms with Crippen LogP contribution in [0.25, 0.3) is 0 Å². The van der Waals surface area contributed by atoms with Gasteiger partial charge in [-0.05, 0) is 74.5 Å². The van der Waals surface area contributed by atoms with Gasteiger partial charge >= 0.3 is 0 Å². The van der Waals surface area contributed by atoms with Crippen molar-refractivity contribution in [3.8, 4) is 5.75 Å². The molecule has 0 aliphatic carbocycles. The minimum atomic E-state index is -1.76. The van der Waals surface area contributed by atoms with E-state index in [1.54, 1.807) is 7.11 Å². The third-order valence-electron chi connectivity index (χ3n) is 7.95. The minimum absolute atomic E-state index is 0.114. The zero-order valence-electron chi connectivity index (χ0n) is 22.0. The number of hydrogen-bond donors (Lipinski definition) is 0. The lowest BCUT2D eigenvalue weighted by Crippen LogP contribution is -2.48. The molecule has 0 radical (unpaired) electrons.